The zero-order chi connectivity index (χ0) is 7.28. The Kier molecular flexibility index (Phi) is 4.72. The van der Waals surface area contributed by atoms with E-state index in [1.807, 2.05) is 7.05 Å². The molecule has 0 aliphatic heterocycles. The Hall–Kier alpha value is -0.0800. The van der Waals surface area contributed by atoms with Crippen LogP contribution >= 0.6 is 0 Å². The highest BCUT2D eigenvalue weighted by Gasteiger charge is 1.98. The van der Waals surface area contributed by atoms with Gasteiger partial charge in [0.25, 0.3) is 0 Å². The minimum absolute atomic E-state index is 0.0171. The molecule has 0 aromatic heterocycles. The first kappa shape index (κ1) is 8.92. The van der Waals surface area contributed by atoms with Crippen molar-refractivity contribution in [1.29, 1.82) is 0 Å². The fraction of sp³-hybridized carbons (Fsp3) is 1.00. The highest BCUT2D eigenvalue weighted by Crippen LogP contribution is 1.93. The van der Waals surface area contributed by atoms with Gasteiger partial charge in [0.2, 0.25) is 0 Å². The topological polar surface area (TPSA) is 23.1 Å². The first-order valence-corrected chi connectivity index (χ1v) is 3.43. The lowest BCUT2D eigenvalue weighted by atomic mass is 10.2. The second-order valence-corrected chi connectivity index (χ2v) is 2.86. The van der Waals surface area contributed by atoms with Crippen LogP contribution in [-0.4, -0.2) is 31.6 Å². The summed E-state index contributed by atoms with van der Waals surface area (Å²) in [6.45, 7) is 6.03. The van der Waals surface area contributed by atoms with Crippen LogP contribution in [0.1, 0.15) is 13.8 Å². The van der Waals surface area contributed by atoms with E-state index in [2.05, 4.69) is 18.7 Å². The van der Waals surface area contributed by atoms with Crippen molar-refractivity contribution in [2.24, 2.45) is 5.92 Å². The molecule has 9 heavy (non-hydrogen) atoms. The fourth-order valence-electron chi connectivity index (χ4n) is 0.870. The van der Waals surface area contributed by atoms with Crippen molar-refractivity contribution in [2.75, 3.05) is 26.7 Å². The van der Waals surface area contributed by atoms with Crippen LogP contribution in [0.25, 0.3) is 0 Å². The Morgan fingerprint density at radius 1 is 1.44 bits per heavy atom. The number of hydrogen-bond acceptors (Lipinski definition) is 1. The quantitative estimate of drug-likeness (QED) is 0.557. The van der Waals surface area contributed by atoms with E-state index in [1.54, 1.807) is 0 Å². The van der Waals surface area contributed by atoms with Gasteiger partial charge in [-0.25, -0.2) is 5.11 Å². The number of rotatable bonds is 4. The van der Waals surface area contributed by atoms with Crippen LogP contribution in [0.3, 0.4) is 0 Å². The smallest absolute Gasteiger partial charge is 0.0949 e. The summed E-state index contributed by atoms with van der Waals surface area (Å²) in [4.78, 5) is 2.07. The maximum absolute atomic E-state index is 10.1. The lowest BCUT2D eigenvalue weighted by Gasteiger charge is -2.16. The molecule has 0 atom stereocenters. The van der Waals surface area contributed by atoms with E-state index in [9.17, 15) is 5.11 Å². The van der Waals surface area contributed by atoms with Crippen molar-refractivity contribution in [2.45, 2.75) is 13.8 Å². The van der Waals surface area contributed by atoms with Crippen LogP contribution in [0, 0.1) is 5.92 Å². The summed E-state index contributed by atoms with van der Waals surface area (Å²) >= 11 is 0. The third-order valence-corrected chi connectivity index (χ3v) is 1.15. The zero-order valence-corrected chi connectivity index (χ0v) is 6.55. The summed E-state index contributed by atoms with van der Waals surface area (Å²) in [7, 11) is 1.98. The first-order valence-electron chi connectivity index (χ1n) is 3.43. The third-order valence-electron chi connectivity index (χ3n) is 1.15. The molecule has 0 spiro atoms. The average Bonchev–Trinajstić information content (AvgIpc) is 1.63. The molecule has 1 radical (unpaired) electrons. The van der Waals surface area contributed by atoms with Gasteiger partial charge >= 0.3 is 0 Å². The summed E-state index contributed by atoms with van der Waals surface area (Å²) in [5.41, 5.74) is 0. The third kappa shape index (κ3) is 5.80. The van der Waals surface area contributed by atoms with Gasteiger partial charge in [-0.3, -0.25) is 0 Å². The van der Waals surface area contributed by atoms with E-state index in [0.29, 0.717) is 12.5 Å². The van der Waals surface area contributed by atoms with Gasteiger partial charge in [0.05, 0.1) is 6.61 Å². The predicted octanol–water partition coefficient (Wildman–Crippen LogP) is 1.00. The molecule has 0 saturated carbocycles. The van der Waals surface area contributed by atoms with Crippen LogP contribution in [0.2, 0.25) is 0 Å². The molecular formula is C7H16NO. The van der Waals surface area contributed by atoms with Gasteiger partial charge in [0, 0.05) is 13.1 Å². The van der Waals surface area contributed by atoms with Crippen molar-refractivity contribution in [3.63, 3.8) is 0 Å². The average molecular weight is 130 g/mol. The lowest BCUT2D eigenvalue weighted by molar-refractivity contribution is 0.148. The molecule has 0 unspecified atom stereocenters. The van der Waals surface area contributed by atoms with Crippen molar-refractivity contribution < 1.29 is 5.11 Å². The largest absolute Gasteiger partial charge is 0.304 e. The Morgan fingerprint density at radius 3 is 2.33 bits per heavy atom. The molecule has 55 valence electrons. The van der Waals surface area contributed by atoms with Gasteiger partial charge in [-0.2, -0.15) is 0 Å². The highest BCUT2D eigenvalue weighted by atomic mass is 16.3. The first-order chi connectivity index (χ1) is 4.16. The number of nitrogens with zero attached hydrogens (tertiary/aromatic N) is 1. The molecule has 0 N–H and O–H groups in total. The van der Waals surface area contributed by atoms with Crippen LogP contribution in [-0.2, 0) is 5.11 Å². The van der Waals surface area contributed by atoms with Crippen LogP contribution < -0.4 is 0 Å². The summed E-state index contributed by atoms with van der Waals surface area (Å²) in [5.74, 6) is 0.668. The maximum Gasteiger partial charge on any atom is 0.0949 e. The summed E-state index contributed by atoms with van der Waals surface area (Å²) in [6.07, 6.45) is 0. The van der Waals surface area contributed by atoms with E-state index in [1.165, 1.54) is 0 Å². The molecule has 0 aromatic carbocycles. The summed E-state index contributed by atoms with van der Waals surface area (Å²) in [5, 5.41) is 10.1. The Labute approximate surface area is 57.5 Å². The Bertz CT molecular complexity index is 63.9. The van der Waals surface area contributed by atoms with Crippen molar-refractivity contribution in [1.82, 2.24) is 4.90 Å². The molecular weight excluding hydrogens is 114 g/mol. The minimum Gasteiger partial charge on any atom is -0.304 e. The molecule has 0 rings (SSSR count). The van der Waals surface area contributed by atoms with Crippen molar-refractivity contribution in [3.05, 3.63) is 0 Å². The Balaban J connectivity index is 3.15. The van der Waals surface area contributed by atoms with E-state index >= 15 is 0 Å². The molecule has 2 nitrogen and oxygen atoms in total. The van der Waals surface area contributed by atoms with E-state index in [-0.39, 0.29) is 6.61 Å². The minimum atomic E-state index is 0.0171. The molecule has 0 amide bonds. The molecule has 0 aromatic rings. The second-order valence-electron chi connectivity index (χ2n) is 2.86. The van der Waals surface area contributed by atoms with E-state index in [4.69, 9.17) is 0 Å². The molecule has 0 aliphatic carbocycles. The molecule has 0 heterocycles. The van der Waals surface area contributed by atoms with Gasteiger partial charge in [0.1, 0.15) is 0 Å². The van der Waals surface area contributed by atoms with Crippen LogP contribution in [0.4, 0.5) is 0 Å². The van der Waals surface area contributed by atoms with Gasteiger partial charge in [-0.15, -0.1) is 0 Å². The molecule has 0 aliphatic rings. The fourth-order valence-corrected chi connectivity index (χ4v) is 0.870. The highest BCUT2D eigenvalue weighted by molar-refractivity contribution is 4.52. The number of likely N-dealkylation sites (N-methyl/N-ethyl adjacent to an activating group) is 1. The normalized spacial score (nSPS) is 11.3. The molecule has 0 bridgehead atoms. The molecule has 2 heteroatoms. The standard InChI is InChI=1S/C7H16NO/c1-7(2)6-8(3)4-5-9/h7H,4-6H2,1-3H3. The maximum atomic E-state index is 10.1. The zero-order valence-electron chi connectivity index (χ0n) is 6.55. The number of hydrogen-bond donors (Lipinski definition) is 0. The van der Waals surface area contributed by atoms with Crippen molar-refractivity contribution >= 4 is 0 Å². The van der Waals surface area contributed by atoms with Gasteiger partial charge in [0.15, 0.2) is 0 Å². The lowest BCUT2D eigenvalue weighted by Crippen LogP contribution is -2.25. The summed E-state index contributed by atoms with van der Waals surface area (Å²) < 4.78 is 0. The van der Waals surface area contributed by atoms with E-state index in [0.717, 1.165) is 6.54 Å². The molecule has 0 fully saturated rings. The van der Waals surface area contributed by atoms with Gasteiger partial charge < -0.3 is 4.90 Å². The molecule has 0 saturated heterocycles. The van der Waals surface area contributed by atoms with Crippen LogP contribution in [0.5, 0.6) is 0 Å². The van der Waals surface area contributed by atoms with Gasteiger partial charge in [-0.1, -0.05) is 13.8 Å². The SMILES string of the molecule is CC(C)CN(C)CC[O]. The Morgan fingerprint density at radius 2 is 2.00 bits per heavy atom. The monoisotopic (exact) mass is 130 g/mol. The second kappa shape index (κ2) is 4.77. The van der Waals surface area contributed by atoms with Gasteiger partial charge in [-0.05, 0) is 13.0 Å². The summed E-state index contributed by atoms with van der Waals surface area (Å²) in [6, 6.07) is 0. The predicted molar refractivity (Wildman–Crippen MR) is 37.9 cm³/mol. The van der Waals surface area contributed by atoms with Crippen LogP contribution in [0.15, 0.2) is 0 Å². The van der Waals surface area contributed by atoms with E-state index < -0.39 is 0 Å². The van der Waals surface area contributed by atoms with Crippen molar-refractivity contribution in [3.8, 4) is 0 Å².